The van der Waals surface area contributed by atoms with E-state index in [9.17, 15) is 0 Å². The monoisotopic (exact) mass is 132 g/mol. The third-order valence-corrected chi connectivity index (χ3v) is 1.62. The van der Waals surface area contributed by atoms with Crippen molar-refractivity contribution in [1.82, 2.24) is 0 Å². The van der Waals surface area contributed by atoms with Crippen molar-refractivity contribution < 1.29 is 14.6 Å². The molecule has 3 nitrogen and oxygen atoms in total. The minimum absolute atomic E-state index is 0.165. The van der Waals surface area contributed by atoms with E-state index in [1.165, 1.54) is 0 Å². The van der Waals surface area contributed by atoms with Crippen LogP contribution in [0.25, 0.3) is 0 Å². The molecule has 1 heterocycles. The predicted molar refractivity (Wildman–Crippen MR) is 31.9 cm³/mol. The van der Waals surface area contributed by atoms with Gasteiger partial charge in [0.05, 0.1) is 13.2 Å². The highest BCUT2D eigenvalue weighted by molar-refractivity contribution is 4.67. The Morgan fingerprint density at radius 3 is 3.00 bits per heavy atom. The number of methoxy groups -OCH3 is 1. The van der Waals surface area contributed by atoms with Gasteiger partial charge < -0.3 is 14.6 Å². The van der Waals surface area contributed by atoms with Gasteiger partial charge in [-0.3, -0.25) is 0 Å². The van der Waals surface area contributed by atoms with E-state index >= 15 is 0 Å². The summed E-state index contributed by atoms with van der Waals surface area (Å²) in [6.45, 7) is 0.877. The van der Waals surface area contributed by atoms with E-state index in [0.717, 1.165) is 6.42 Å². The quantitative estimate of drug-likeness (QED) is 0.574. The minimum Gasteiger partial charge on any atom is -0.396 e. The van der Waals surface area contributed by atoms with E-state index in [2.05, 4.69) is 0 Å². The van der Waals surface area contributed by atoms with E-state index < -0.39 is 0 Å². The summed E-state index contributed by atoms with van der Waals surface area (Å²) in [6.07, 6.45) is 0.740. The Bertz CT molecular complexity index is 74.4. The molecule has 0 aromatic carbocycles. The zero-order valence-electron chi connectivity index (χ0n) is 5.54. The maximum absolute atomic E-state index is 8.71. The molecule has 1 rings (SSSR count). The Labute approximate surface area is 54.6 Å². The molecule has 0 aromatic heterocycles. The van der Waals surface area contributed by atoms with Crippen molar-refractivity contribution >= 4 is 0 Å². The Balaban J connectivity index is 2.32. The topological polar surface area (TPSA) is 38.7 Å². The molecule has 0 aliphatic carbocycles. The fraction of sp³-hybridized carbons (Fsp3) is 1.00. The average Bonchev–Trinajstić information content (AvgIpc) is 2.33. The molecule has 54 valence electrons. The van der Waals surface area contributed by atoms with Crippen LogP contribution < -0.4 is 0 Å². The van der Waals surface area contributed by atoms with Crippen molar-refractivity contribution in [3.63, 3.8) is 0 Å². The molecule has 1 fully saturated rings. The van der Waals surface area contributed by atoms with Crippen LogP contribution in [0.3, 0.4) is 0 Å². The van der Waals surface area contributed by atoms with Crippen molar-refractivity contribution in [3.05, 3.63) is 0 Å². The van der Waals surface area contributed by atoms with Gasteiger partial charge >= 0.3 is 0 Å². The lowest BCUT2D eigenvalue weighted by atomic mass is 10.1. The molecule has 0 amide bonds. The average molecular weight is 132 g/mol. The van der Waals surface area contributed by atoms with Crippen LogP contribution in [0.5, 0.6) is 0 Å². The fourth-order valence-electron chi connectivity index (χ4n) is 1.05. The summed E-state index contributed by atoms with van der Waals surface area (Å²) in [6, 6.07) is 0. The molecule has 2 atom stereocenters. The summed E-state index contributed by atoms with van der Waals surface area (Å²) in [5.41, 5.74) is 0. The van der Waals surface area contributed by atoms with Gasteiger partial charge in [-0.15, -0.1) is 0 Å². The second-order valence-electron chi connectivity index (χ2n) is 2.21. The number of hydrogen-bond donors (Lipinski definition) is 1. The van der Waals surface area contributed by atoms with E-state index in [0.29, 0.717) is 6.61 Å². The van der Waals surface area contributed by atoms with Gasteiger partial charge in [-0.25, -0.2) is 0 Å². The van der Waals surface area contributed by atoms with Crippen LogP contribution >= 0.6 is 0 Å². The van der Waals surface area contributed by atoms with Gasteiger partial charge in [0, 0.05) is 13.0 Å². The fourth-order valence-corrected chi connectivity index (χ4v) is 1.05. The normalized spacial score (nSPS) is 35.3. The van der Waals surface area contributed by atoms with E-state index in [1.807, 2.05) is 0 Å². The number of hydrogen-bond acceptors (Lipinski definition) is 3. The van der Waals surface area contributed by atoms with Gasteiger partial charge in [0.2, 0.25) is 0 Å². The second-order valence-corrected chi connectivity index (χ2v) is 2.21. The molecule has 0 saturated carbocycles. The molecular formula is C6H12O3. The summed E-state index contributed by atoms with van der Waals surface area (Å²) in [5.74, 6) is 0.190. The molecule has 1 N–H and O–H groups in total. The first-order chi connectivity index (χ1) is 4.38. The minimum atomic E-state index is -0.171. The first-order valence-corrected chi connectivity index (χ1v) is 3.13. The van der Waals surface area contributed by atoms with Crippen molar-refractivity contribution in [1.29, 1.82) is 0 Å². The molecule has 0 aromatic rings. The molecule has 1 saturated heterocycles. The third kappa shape index (κ3) is 1.41. The van der Waals surface area contributed by atoms with Crippen LogP contribution in [0.15, 0.2) is 0 Å². The molecule has 1 aliphatic rings. The summed E-state index contributed by atoms with van der Waals surface area (Å²) < 4.78 is 10.1. The van der Waals surface area contributed by atoms with Gasteiger partial charge in [-0.2, -0.15) is 0 Å². The van der Waals surface area contributed by atoms with Crippen LogP contribution in [0.4, 0.5) is 0 Å². The zero-order chi connectivity index (χ0) is 6.69. The van der Waals surface area contributed by atoms with Crippen molar-refractivity contribution in [3.8, 4) is 0 Å². The highest BCUT2D eigenvalue weighted by Gasteiger charge is 2.26. The first-order valence-electron chi connectivity index (χ1n) is 3.13. The largest absolute Gasteiger partial charge is 0.396 e. The zero-order valence-corrected chi connectivity index (χ0v) is 5.54. The molecule has 1 aliphatic heterocycles. The van der Waals surface area contributed by atoms with Crippen molar-refractivity contribution in [2.45, 2.75) is 12.7 Å². The molecule has 0 unspecified atom stereocenters. The SMILES string of the molecule is CO[C@@H]1OCC[C@@H]1CO. The van der Waals surface area contributed by atoms with Crippen LogP contribution in [-0.4, -0.2) is 31.7 Å². The van der Waals surface area contributed by atoms with Crippen LogP contribution in [0.1, 0.15) is 6.42 Å². The summed E-state index contributed by atoms with van der Waals surface area (Å²) >= 11 is 0. The molecule has 0 spiro atoms. The summed E-state index contributed by atoms with van der Waals surface area (Å²) in [5, 5.41) is 8.71. The van der Waals surface area contributed by atoms with Crippen molar-refractivity contribution in [2.24, 2.45) is 5.92 Å². The van der Waals surface area contributed by atoms with Gasteiger partial charge in [0.15, 0.2) is 6.29 Å². The molecule has 9 heavy (non-hydrogen) atoms. The summed E-state index contributed by atoms with van der Waals surface area (Å²) in [4.78, 5) is 0. The van der Waals surface area contributed by atoms with E-state index in [4.69, 9.17) is 14.6 Å². The lowest BCUT2D eigenvalue weighted by Gasteiger charge is -2.12. The number of ether oxygens (including phenoxy) is 2. The highest BCUT2D eigenvalue weighted by Crippen LogP contribution is 2.19. The van der Waals surface area contributed by atoms with Crippen LogP contribution in [0.2, 0.25) is 0 Å². The van der Waals surface area contributed by atoms with Crippen molar-refractivity contribution in [2.75, 3.05) is 20.3 Å². The predicted octanol–water partition coefficient (Wildman–Crippen LogP) is -0.0123. The summed E-state index contributed by atoms with van der Waals surface area (Å²) in [7, 11) is 1.60. The van der Waals surface area contributed by atoms with E-state index in [1.54, 1.807) is 7.11 Å². The Morgan fingerprint density at radius 1 is 1.78 bits per heavy atom. The lowest BCUT2D eigenvalue weighted by Crippen LogP contribution is -2.20. The number of aliphatic hydroxyl groups excluding tert-OH is 1. The standard InChI is InChI=1S/C6H12O3/c1-8-6-5(4-7)2-3-9-6/h5-7H,2-4H2,1H3/t5-,6-/m1/s1. The van der Waals surface area contributed by atoms with Gasteiger partial charge in [-0.1, -0.05) is 0 Å². The molecular weight excluding hydrogens is 120 g/mol. The van der Waals surface area contributed by atoms with Gasteiger partial charge in [0.1, 0.15) is 0 Å². The van der Waals surface area contributed by atoms with Gasteiger partial charge in [-0.05, 0) is 6.42 Å². The molecule has 0 radical (unpaired) electrons. The highest BCUT2D eigenvalue weighted by atomic mass is 16.7. The molecule has 3 heteroatoms. The lowest BCUT2D eigenvalue weighted by molar-refractivity contribution is -0.116. The third-order valence-electron chi connectivity index (χ3n) is 1.62. The number of rotatable bonds is 2. The number of aliphatic hydroxyl groups is 1. The Morgan fingerprint density at radius 2 is 2.56 bits per heavy atom. The maximum Gasteiger partial charge on any atom is 0.162 e. The van der Waals surface area contributed by atoms with E-state index in [-0.39, 0.29) is 18.8 Å². The molecule has 0 bridgehead atoms. The van der Waals surface area contributed by atoms with Gasteiger partial charge in [0.25, 0.3) is 0 Å². The first kappa shape index (κ1) is 6.99. The maximum atomic E-state index is 8.71. The Hall–Kier alpha value is -0.120. The Kier molecular flexibility index (Phi) is 2.45. The van der Waals surface area contributed by atoms with Crippen LogP contribution in [0, 0.1) is 5.92 Å². The van der Waals surface area contributed by atoms with Crippen LogP contribution in [-0.2, 0) is 9.47 Å². The smallest absolute Gasteiger partial charge is 0.162 e. The second kappa shape index (κ2) is 3.15.